The van der Waals surface area contributed by atoms with Crippen molar-refractivity contribution < 1.29 is 22.7 Å². The van der Waals surface area contributed by atoms with Gasteiger partial charge in [-0.1, -0.05) is 6.07 Å². The molecule has 1 aliphatic rings. The SMILES string of the molecule is COC(=O)c1c(N2CCCC2)cccc1S(=O)(=O)c1ccc(OC)cc1. The van der Waals surface area contributed by atoms with E-state index in [0.29, 0.717) is 11.4 Å². The number of ether oxygens (including phenoxy) is 2. The Morgan fingerprint density at radius 3 is 2.23 bits per heavy atom. The highest BCUT2D eigenvalue weighted by Crippen LogP contribution is 2.33. The maximum absolute atomic E-state index is 13.2. The van der Waals surface area contributed by atoms with Crippen LogP contribution < -0.4 is 9.64 Å². The predicted molar refractivity (Wildman–Crippen MR) is 97.7 cm³/mol. The van der Waals surface area contributed by atoms with Crippen molar-refractivity contribution >= 4 is 21.5 Å². The van der Waals surface area contributed by atoms with E-state index >= 15 is 0 Å². The molecule has 0 spiro atoms. The van der Waals surface area contributed by atoms with E-state index in [1.165, 1.54) is 32.4 Å². The molecule has 2 aromatic carbocycles. The van der Waals surface area contributed by atoms with Gasteiger partial charge < -0.3 is 14.4 Å². The van der Waals surface area contributed by atoms with Gasteiger partial charge in [0, 0.05) is 13.1 Å². The first-order valence-electron chi connectivity index (χ1n) is 8.34. The maximum atomic E-state index is 13.2. The van der Waals surface area contributed by atoms with Crippen LogP contribution in [-0.4, -0.2) is 41.7 Å². The summed E-state index contributed by atoms with van der Waals surface area (Å²) in [5.74, 6) is -0.0949. The highest BCUT2D eigenvalue weighted by atomic mass is 32.2. The molecule has 138 valence electrons. The summed E-state index contributed by atoms with van der Waals surface area (Å²) >= 11 is 0. The van der Waals surface area contributed by atoms with Gasteiger partial charge in [0.05, 0.1) is 29.7 Å². The van der Waals surface area contributed by atoms with Crippen LogP contribution in [0, 0.1) is 0 Å². The second kappa shape index (κ2) is 7.37. The fraction of sp³-hybridized carbons (Fsp3) is 0.316. The number of rotatable bonds is 5. The Kier molecular flexibility index (Phi) is 5.18. The lowest BCUT2D eigenvalue weighted by Gasteiger charge is -2.22. The molecule has 0 aliphatic carbocycles. The van der Waals surface area contributed by atoms with E-state index in [2.05, 4.69) is 0 Å². The minimum Gasteiger partial charge on any atom is -0.497 e. The summed E-state index contributed by atoms with van der Waals surface area (Å²) in [6.07, 6.45) is 2.02. The number of benzene rings is 2. The lowest BCUT2D eigenvalue weighted by atomic mass is 10.1. The molecule has 0 radical (unpaired) electrons. The first-order valence-corrected chi connectivity index (χ1v) is 9.83. The Bertz CT molecular complexity index is 900. The molecule has 26 heavy (non-hydrogen) atoms. The van der Waals surface area contributed by atoms with Crippen LogP contribution in [0.2, 0.25) is 0 Å². The van der Waals surface area contributed by atoms with E-state index in [4.69, 9.17) is 9.47 Å². The molecule has 1 saturated heterocycles. The van der Waals surface area contributed by atoms with Gasteiger partial charge in [0.15, 0.2) is 0 Å². The largest absolute Gasteiger partial charge is 0.497 e. The Morgan fingerprint density at radius 2 is 1.65 bits per heavy atom. The first kappa shape index (κ1) is 18.3. The van der Waals surface area contributed by atoms with Gasteiger partial charge in [-0.2, -0.15) is 0 Å². The zero-order chi connectivity index (χ0) is 18.7. The molecule has 0 bridgehead atoms. The van der Waals surface area contributed by atoms with Crippen LogP contribution in [0.15, 0.2) is 52.3 Å². The minimum absolute atomic E-state index is 0.0427. The van der Waals surface area contributed by atoms with Gasteiger partial charge in [0.1, 0.15) is 11.3 Å². The minimum atomic E-state index is -3.88. The highest BCUT2D eigenvalue weighted by Gasteiger charge is 2.30. The molecule has 6 nitrogen and oxygen atoms in total. The van der Waals surface area contributed by atoms with Gasteiger partial charge in [-0.25, -0.2) is 13.2 Å². The van der Waals surface area contributed by atoms with Crippen molar-refractivity contribution in [3.05, 3.63) is 48.0 Å². The summed E-state index contributed by atoms with van der Waals surface area (Å²) in [5.41, 5.74) is 0.691. The van der Waals surface area contributed by atoms with Crippen molar-refractivity contribution in [2.24, 2.45) is 0 Å². The Labute approximate surface area is 153 Å². The number of carbonyl (C=O) groups is 1. The quantitative estimate of drug-likeness (QED) is 0.748. The standard InChI is InChI=1S/C19H21NO5S/c1-24-14-8-10-15(11-9-14)26(22,23)17-7-5-6-16(18(17)19(21)25-2)20-12-3-4-13-20/h5-11H,3-4,12-13H2,1-2H3. The van der Waals surface area contributed by atoms with Gasteiger partial charge in [0.2, 0.25) is 9.84 Å². The summed E-state index contributed by atoms with van der Waals surface area (Å²) < 4.78 is 36.3. The second-order valence-electron chi connectivity index (χ2n) is 6.01. The van der Waals surface area contributed by atoms with Gasteiger partial charge in [-0.05, 0) is 49.2 Å². The highest BCUT2D eigenvalue weighted by molar-refractivity contribution is 7.91. The number of hydrogen-bond donors (Lipinski definition) is 0. The summed E-state index contributed by atoms with van der Waals surface area (Å²) in [7, 11) is -1.12. The average molecular weight is 375 g/mol. The van der Waals surface area contributed by atoms with Gasteiger partial charge in [-0.3, -0.25) is 0 Å². The van der Waals surface area contributed by atoms with Crippen molar-refractivity contribution in [3.8, 4) is 5.75 Å². The van der Waals surface area contributed by atoms with Crippen molar-refractivity contribution in [2.75, 3.05) is 32.2 Å². The normalized spacial score (nSPS) is 14.3. The molecule has 0 amide bonds. The molecule has 0 aromatic heterocycles. The number of hydrogen-bond acceptors (Lipinski definition) is 6. The van der Waals surface area contributed by atoms with Gasteiger partial charge in [0.25, 0.3) is 0 Å². The Balaban J connectivity index is 2.16. The molecule has 1 heterocycles. The lowest BCUT2D eigenvalue weighted by molar-refractivity contribution is 0.0597. The van der Waals surface area contributed by atoms with E-state index in [-0.39, 0.29) is 15.4 Å². The second-order valence-corrected chi connectivity index (χ2v) is 7.93. The summed E-state index contributed by atoms with van der Waals surface area (Å²) in [6.45, 7) is 1.58. The summed E-state index contributed by atoms with van der Waals surface area (Å²) in [5, 5.41) is 0. The number of nitrogens with zero attached hydrogens (tertiary/aromatic N) is 1. The third-order valence-corrected chi connectivity index (χ3v) is 6.31. The van der Waals surface area contributed by atoms with Crippen LogP contribution in [-0.2, 0) is 14.6 Å². The number of anilines is 1. The molecule has 2 aromatic rings. The van der Waals surface area contributed by atoms with E-state index in [0.717, 1.165) is 25.9 Å². The third-order valence-electron chi connectivity index (χ3n) is 4.50. The molecular weight excluding hydrogens is 354 g/mol. The summed E-state index contributed by atoms with van der Waals surface area (Å²) in [4.78, 5) is 14.5. The van der Waals surface area contributed by atoms with Crippen LogP contribution in [0.3, 0.4) is 0 Å². The molecular formula is C19H21NO5S. The zero-order valence-corrected chi connectivity index (χ0v) is 15.6. The number of esters is 1. The van der Waals surface area contributed by atoms with Crippen LogP contribution in [0.5, 0.6) is 5.75 Å². The first-order chi connectivity index (χ1) is 12.5. The molecule has 0 unspecified atom stereocenters. The van der Waals surface area contributed by atoms with Crippen molar-refractivity contribution in [2.45, 2.75) is 22.6 Å². The number of sulfone groups is 1. The van der Waals surface area contributed by atoms with E-state index < -0.39 is 15.8 Å². The van der Waals surface area contributed by atoms with E-state index in [1.54, 1.807) is 24.3 Å². The van der Waals surface area contributed by atoms with Gasteiger partial charge in [-0.15, -0.1) is 0 Å². The Hall–Kier alpha value is -2.54. The third kappa shape index (κ3) is 3.26. The molecule has 3 rings (SSSR count). The van der Waals surface area contributed by atoms with Crippen molar-refractivity contribution in [3.63, 3.8) is 0 Å². The van der Waals surface area contributed by atoms with Crippen molar-refractivity contribution in [1.82, 2.24) is 0 Å². The molecule has 0 saturated carbocycles. The predicted octanol–water partition coefficient (Wildman–Crippen LogP) is 2.91. The van der Waals surface area contributed by atoms with E-state index in [1.807, 2.05) is 4.90 Å². The fourth-order valence-corrected chi connectivity index (χ4v) is 4.62. The molecule has 0 N–H and O–H groups in total. The van der Waals surface area contributed by atoms with Gasteiger partial charge >= 0.3 is 5.97 Å². The monoisotopic (exact) mass is 375 g/mol. The summed E-state index contributed by atoms with van der Waals surface area (Å²) in [6, 6.07) is 11.0. The molecule has 0 atom stereocenters. The van der Waals surface area contributed by atoms with Crippen molar-refractivity contribution in [1.29, 1.82) is 0 Å². The van der Waals surface area contributed by atoms with Crippen LogP contribution in [0.4, 0.5) is 5.69 Å². The smallest absolute Gasteiger partial charge is 0.341 e. The van der Waals surface area contributed by atoms with Crippen LogP contribution in [0.25, 0.3) is 0 Å². The lowest BCUT2D eigenvalue weighted by Crippen LogP contribution is -2.23. The number of methoxy groups -OCH3 is 2. The topological polar surface area (TPSA) is 72.9 Å². The maximum Gasteiger partial charge on any atom is 0.341 e. The van der Waals surface area contributed by atoms with Crippen LogP contribution >= 0.6 is 0 Å². The van der Waals surface area contributed by atoms with E-state index in [9.17, 15) is 13.2 Å². The average Bonchev–Trinajstić information content (AvgIpc) is 3.21. The van der Waals surface area contributed by atoms with Crippen LogP contribution in [0.1, 0.15) is 23.2 Å². The Morgan fingerprint density at radius 1 is 1.00 bits per heavy atom. The molecule has 1 aliphatic heterocycles. The fourth-order valence-electron chi connectivity index (χ4n) is 3.15. The molecule has 1 fully saturated rings. The molecule has 7 heteroatoms. The zero-order valence-electron chi connectivity index (χ0n) is 14.8. The number of carbonyl (C=O) groups excluding carboxylic acids is 1.